The van der Waals surface area contributed by atoms with Crippen LogP contribution in [0.3, 0.4) is 0 Å². The van der Waals surface area contributed by atoms with Gasteiger partial charge in [0.15, 0.2) is 18.2 Å². The first-order valence-corrected chi connectivity index (χ1v) is 9.10. The van der Waals surface area contributed by atoms with Crippen LogP contribution in [-0.4, -0.2) is 18.7 Å². The van der Waals surface area contributed by atoms with E-state index in [1.54, 1.807) is 13.8 Å². The highest BCUT2D eigenvalue weighted by molar-refractivity contribution is 9.10. The van der Waals surface area contributed by atoms with Gasteiger partial charge in [0.1, 0.15) is 5.82 Å². The molecule has 2 aromatic rings. The summed E-state index contributed by atoms with van der Waals surface area (Å²) >= 11 is 3.42. The van der Waals surface area contributed by atoms with E-state index in [9.17, 15) is 13.6 Å². The normalized spacial score (nSPS) is 10.9. The number of rotatable bonds is 7. The van der Waals surface area contributed by atoms with Crippen molar-refractivity contribution in [3.8, 4) is 5.75 Å². The molecule has 0 heterocycles. The minimum Gasteiger partial charge on any atom is -0.479 e. The second-order valence-corrected chi connectivity index (χ2v) is 7.22. The maximum Gasteiger partial charge on any atom is 0.344 e. The molecular formula is C20H21BrF2O3. The van der Waals surface area contributed by atoms with Crippen LogP contribution in [-0.2, 0) is 22.4 Å². The molecule has 2 rings (SSSR count). The molecule has 0 saturated carbocycles. The Morgan fingerprint density at radius 3 is 2.54 bits per heavy atom. The minimum atomic E-state index is -0.783. The van der Waals surface area contributed by atoms with Crippen LogP contribution in [0.2, 0.25) is 0 Å². The number of benzene rings is 2. The van der Waals surface area contributed by atoms with Crippen molar-refractivity contribution < 1.29 is 23.0 Å². The number of hydrogen-bond donors (Lipinski definition) is 0. The van der Waals surface area contributed by atoms with Crippen molar-refractivity contribution in [1.82, 2.24) is 0 Å². The van der Waals surface area contributed by atoms with Crippen molar-refractivity contribution in [3.05, 3.63) is 63.1 Å². The molecule has 0 N–H and O–H groups in total. The second-order valence-electron chi connectivity index (χ2n) is 6.30. The lowest BCUT2D eigenvalue weighted by atomic mass is 10.0. The molecule has 3 nitrogen and oxygen atoms in total. The Morgan fingerprint density at radius 1 is 1.15 bits per heavy atom. The number of esters is 1. The average Bonchev–Trinajstić information content (AvgIpc) is 2.52. The van der Waals surface area contributed by atoms with Crippen LogP contribution in [0.5, 0.6) is 5.75 Å². The summed E-state index contributed by atoms with van der Waals surface area (Å²) in [7, 11) is 0. The first-order chi connectivity index (χ1) is 12.3. The van der Waals surface area contributed by atoms with Crippen molar-refractivity contribution in [3.63, 3.8) is 0 Å². The van der Waals surface area contributed by atoms with Gasteiger partial charge in [0.2, 0.25) is 0 Å². The van der Waals surface area contributed by atoms with Crippen LogP contribution >= 0.6 is 15.9 Å². The minimum absolute atomic E-state index is 0.0580. The van der Waals surface area contributed by atoms with Crippen LogP contribution in [0, 0.1) is 18.6 Å². The van der Waals surface area contributed by atoms with Crippen LogP contribution < -0.4 is 4.74 Å². The molecule has 0 atom stereocenters. The summed E-state index contributed by atoms with van der Waals surface area (Å²) in [6.45, 7) is 4.95. The fourth-order valence-corrected chi connectivity index (χ4v) is 3.23. The predicted molar refractivity (Wildman–Crippen MR) is 99.4 cm³/mol. The number of carbonyl (C=O) groups excluding carboxylic acids is 1. The van der Waals surface area contributed by atoms with Gasteiger partial charge >= 0.3 is 5.97 Å². The molecule has 2 aromatic carbocycles. The van der Waals surface area contributed by atoms with Crippen LogP contribution in [0.15, 0.2) is 34.8 Å². The van der Waals surface area contributed by atoms with Gasteiger partial charge in [0.05, 0.1) is 6.10 Å². The fourth-order valence-electron chi connectivity index (χ4n) is 2.58. The Bertz CT molecular complexity index is 771. The van der Waals surface area contributed by atoms with E-state index < -0.39 is 24.2 Å². The zero-order chi connectivity index (χ0) is 19.3. The summed E-state index contributed by atoms with van der Waals surface area (Å²) < 4.78 is 39.7. The molecule has 0 aliphatic carbocycles. The van der Waals surface area contributed by atoms with Gasteiger partial charge in [-0.25, -0.2) is 13.6 Å². The number of carbonyl (C=O) groups is 1. The fraction of sp³-hybridized carbons (Fsp3) is 0.350. The Kier molecular flexibility index (Phi) is 7.14. The van der Waals surface area contributed by atoms with Crippen LogP contribution in [0.25, 0.3) is 0 Å². The summed E-state index contributed by atoms with van der Waals surface area (Å²) in [6, 6.07) is 8.19. The summed E-state index contributed by atoms with van der Waals surface area (Å²) in [4.78, 5) is 11.5. The largest absolute Gasteiger partial charge is 0.479 e. The maximum absolute atomic E-state index is 14.6. The lowest BCUT2D eigenvalue weighted by Crippen LogP contribution is -2.19. The maximum atomic E-state index is 14.6. The van der Waals surface area contributed by atoms with E-state index in [0.29, 0.717) is 6.42 Å². The van der Waals surface area contributed by atoms with Gasteiger partial charge in [0, 0.05) is 10.0 Å². The smallest absolute Gasteiger partial charge is 0.344 e. The molecule has 0 aromatic heterocycles. The van der Waals surface area contributed by atoms with Crippen molar-refractivity contribution in [2.45, 2.75) is 39.7 Å². The van der Waals surface area contributed by atoms with Gasteiger partial charge in [-0.2, -0.15) is 0 Å². The van der Waals surface area contributed by atoms with E-state index >= 15 is 0 Å². The Hall–Kier alpha value is -1.95. The molecule has 0 amide bonds. The highest BCUT2D eigenvalue weighted by Crippen LogP contribution is 2.25. The summed E-state index contributed by atoms with van der Waals surface area (Å²) in [5, 5.41) is 0. The number of hydrogen-bond acceptors (Lipinski definition) is 3. The second kappa shape index (κ2) is 9.12. The van der Waals surface area contributed by atoms with Gasteiger partial charge in [-0.05, 0) is 69.0 Å². The monoisotopic (exact) mass is 426 g/mol. The third kappa shape index (κ3) is 5.80. The Balaban J connectivity index is 2.09. The molecule has 0 spiro atoms. The number of halogens is 3. The van der Waals surface area contributed by atoms with Crippen molar-refractivity contribution in [2.24, 2.45) is 0 Å². The van der Waals surface area contributed by atoms with Crippen LogP contribution in [0.1, 0.15) is 30.5 Å². The van der Waals surface area contributed by atoms with E-state index in [0.717, 1.165) is 21.7 Å². The SMILES string of the molecule is Cc1cc(Br)cc(CCc2c(F)ccc(OCC(=O)OC(C)C)c2F)c1. The topological polar surface area (TPSA) is 35.5 Å². The zero-order valence-corrected chi connectivity index (χ0v) is 16.5. The van der Waals surface area contributed by atoms with Gasteiger partial charge in [-0.15, -0.1) is 0 Å². The van der Waals surface area contributed by atoms with Gasteiger partial charge in [-0.1, -0.05) is 22.0 Å². The zero-order valence-electron chi connectivity index (χ0n) is 14.9. The Labute approximate surface area is 160 Å². The van der Waals surface area contributed by atoms with E-state index in [1.165, 1.54) is 6.07 Å². The molecule has 0 unspecified atom stereocenters. The quantitative estimate of drug-likeness (QED) is 0.574. The predicted octanol–water partition coefficient (Wildman–Crippen LogP) is 5.15. The molecule has 26 heavy (non-hydrogen) atoms. The van der Waals surface area contributed by atoms with Crippen molar-refractivity contribution >= 4 is 21.9 Å². The summed E-state index contributed by atoms with van der Waals surface area (Å²) in [6.07, 6.45) is 0.377. The van der Waals surface area contributed by atoms with E-state index in [2.05, 4.69) is 15.9 Å². The van der Waals surface area contributed by atoms with E-state index in [4.69, 9.17) is 9.47 Å². The molecule has 0 saturated heterocycles. The molecule has 6 heteroatoms. The molecule has 0 aliphatic rings. The van der Waals surface area contributed by atoms with Gasteiger partial charge < -0.3 is 9.47 Å². The standard InChI is InChI=1S/C20H21BrF2O3/c1-12(2)26-19(24)11-25-18-7-6-17(22)16(20(18)23)5-4-14-8-13(3)9-15(21)10-14/h6-10,12H,4-5,11H2,1-3H3. The molecular weight excluding hydrogens is 406 g/mol. The molecule has 0 bridgehead atoms. The van der Waals surface area contributed by atoms with Crippen LogP contribution in [0.4, 0.5) is 8.78 Å². The summed E-state index contributed by atoms with van der Waals surface area (Å²) in [5.74, 6) is -2.18. The number of aryl methyl sites for hydroxylation is 2. The highest BCUT2D eigenvalue weighted by atomic mass is 79.9. The third-order valence-corrected chi connectivity index (χ3v) is 4.09. The first kappa shape index (κ1) is 20.4. The molecule has 0 aliphatic heterocycles. The van der Waals surface area contributed by atoms with Crippen molar-refractivity contribution in [2.75, 3.05) is 6.61 Å². The molecule has 0 fully saturated rings. The molecule has 140 valence electrons. The lowest BCUT2D eigenvalue weighted by Gasteiger charge is -2.12. The van der Waals surface area contributed by atoms with Gasteiger partial charge in [0.25, 0.3) is 0 Å². The van der Waals surface area contributed by atoms with E-state index in [-0.39, 0.29) is 23.8 Å². The average molecular weight is 427 g/mol. The van der Waals surface area contributed by atoms with E-state index in [1.807, 2.05) is 25.1 Å². The lowest BCUT2D eigenvalue weighted by molar-refractivity contribution is -0.149. The number of ether oxygens (including phenoxy) is 2. The van der Waals surface area contributed by atoms with Gasteiger partial charge in [-0.3, -0.25) is 0 Å². The summed E-state index contributed by atoms with van der Waals surface area (Å²) in [5.41, 5.74) is 1.98. The first-order valence-electron chi connectivity index (χ1n) is 8.31. The van der Waals surface area contributed by atoms with Crippen molar-refractivity contribution in [1.29, 1.82) is 0 Å². The molecule has 0 radical (unpaired) electrons. The highest BCUT2D eigenvalue weighted by Gasteiger charge is 2.16. The third-order valence-electron chi connectivity index (χ3n) is 3.63. The Morgan fingerprint density at radius 2 is 1.88 bits per heavy atom.